The highest BCUT2D eigenvalue weighted by Crippen LogP contribution is 2.25. The quantitative estimate of drug-likeness (QED) is 0.808. The number of halogens is 2. The molecule has 0 spiro atoms. The molecule has 2 aromatic rings. The first-order valence-electron chi connectivity index (χ1n) is 8.27. The fourth-order valence-electron chi connectivity index (χ4n) is 2.67. The number of thioether (sulfide) groups is 1. The highest BCUT2D eigenvalue weighted by atomic mass is 32.2. The number of hydrogen-bond donors (Lipinski definition) is 1. The summed E-state index contributed by atoms with van der Waals surface area (Å²) in [7, 11) is 2.10. The minimum Gasteiger partial charge on any atom is -0.354 e. The molecule has 0 aliphatic carbocycles. The van der Waals surface area contributed by atoms with Crippen molar-refractivity contribution in [3.05, 3.63) is 48.2 Å². The van der Waals surface area contributed by atoms with Gasteiger partial charge in [-0.1, -0.05) is 11.8 Å². The Kier molecular flexibility index (Phi) is 6.05. The van der Waals surface area contributed by atoms with Crippen molar-refractivity contribution in [2.75, 3.05) is 43.4 Å². The predicted octanol–water partition coefficient (Wildman–Crippen LogP) is 3.40. The van der Waals surface area contributed by atoms with Gasteiger partial charge in [0.15, 0.2) is 0 Å². The molecule has 0 unspecified atom stereocenters. The second-order valence-electron chi connectivity index (χ2n) is 6.05. The van der Waals surface area contributed by atoms with E-state index in [4.69, 9.17) is 0 Å². The Morgan fingerprint density at radius 2 is 1.81 bits per heavy atom. The largest absolute Gasteiger partial charge is 0.354 e. The lowest BCUT2D eigenvalue weighted by atomic mass is 10.2. The van der Waals surface area contributed by atoms with Gasteiger partial charge in [0, 0.05) is 36.6 Å². The molecule has 26 heavy (non-hydrogen) atoms. The molecule has 1 aliphatic rings. The molecular weight excluding hydrogens is 358 g/mol. The molecule has 1 amide bonds. The molecule has 0 bridgehead atoms. The maximum atomic E-state index is 12.3. The summed E-state index contributed by atoms with van der Waals surface area (Å²) in [5, 5.41) is 2.77. The third kappa shape index (κ3) is 4.92. The van der Waals surface area contributed by atoms with Gasteiger partial charge in [-0.25, -0.2) is 4.98 Å². The van der Waals surface area contributed by atoms with Gasteiger partial charge in [0.25, 0.3) is 11.7 Å². The highest BCUT2D eigenvalue weighted by molar-refractivity contribution is 7.99. The van der Waals surface area contributed by atoms with E-state index in [-0.39, 0.29) is 5.91 Å². The first kappa shape index (κ1) is 18.6. The summed E-state index contributed by atoms with van der Waals surface area (Å²) in [5.74, 6) is -1.88. The summed E-state index contributed by atoms with van der Waals surface area (Å²) < 4.78 is 24.6. The van der Waals surface area contributed by atoms with E-state index in [0.29, 0.717) is 27.9 Å². The van der Waals surface area contributed by atoms with Crippen LogP contribution in [0, 0.1) is 0 Å². The van der Waals surface area contributed by atoms with Crippen LogP contribution in [-0.4, -0.2) is 54.8 Å². The number of nitrogens with one attached hydrogen (secondary N) is 1. The zero-order valence-corrected chi connectivity index (χ0v) is 15.2. The summed E-state index contributed by atoms with van der Waals surface area (Å²) in [6.45, 7) is 3.86. The van der Waals surface area contributed by atoms with Crippen LogP contribution in [-0.2, 0) is 0 Å². The van der Waals surface area contributed by atoms with Gasteiger partial charge in [-0.15, -0.1) is 0 Å². The highest BCUT2D eigenvalue weighted by Gasteiger charge is 2.15. The Hall–Kier alpha value is -2.19. The van der Waals surface area contributed by atoms with Gasteiger partial charge in [0.2, 0.25) is 0 Å². The Labute approximate surface area is 155 Å². The number of nitrogens with zero attached hydrogens (tertiary/aromatic N) is 3. The van der Waals surface area contributed by atoms with E-state index in [1.807, 2.05) is 12.1 Å². The van der Waals surface area contributed by atoms with Crippen molar-refractivity contribution in [3.63, 3.8) is 0 Å². The van der Waals surface area contributed by atoms with Crippen LogP contribution < -0.4 is 10.2 Å². The molecular formula is C18H20F2N4OS. The van der Waals surface area contributed by atoms with Crippen molar-refractivity contribution in [3.8, 4) is 0 Å². The molecule has 138 valence electrons. The van der Waals surface area contributed by atoms with Gasteiger partial charge in [-0.2, -0.15) is 8.78 Å². The minimum atomic E-state index is -2.47. The smallest absolute Gasteiger partial charge is 0.288 e. The van der Waals surface area contributed by atoms with E-state index >= 15 is 0 Å². The maximum absolute atomic E-state index is 12.3. The number of piperazine rings is 1. The first-order chi connectivity index (χ1) is 12.5. The number of aromatic nitrogens is 1. The second-order valence-corrected chi connectivity index (χ2v) is 7.12. The number of pyridine rings is 1. The molecule has 1 aromatic heterocycles. The number of hydrogen-bond acceptors (Lipinski definition) is 5. The zero-order chi connectivity index (χ0) is 18.5. The van der Waals surface area contributed by atoms with Gasteiger partial charge >= 0.3 is 0 Å². The molecule has 0 saturated carbocycles. The number of alkyl halides is 2. The van der Waals surface area contributed by atoms with E-state index in [1.165, 1.54) is 24.3 Å². The van der Waals surface area contributed by atoms with E-state index in [0.717, 1.165) is 32.0 Å². The number of rotatable bonds is 5. The van der Waals surface area contributed by atoms with E-state index in [1.54, 1.807) is 6.20 Å². The van der Waals surface area contributed by atoms with Crippen LogP contribution in [0.2, 0.25) is 0 Å². The Morgan fingerprint density at radius 3 is 2.38 bits per heavy atom. The first-order valence-corrected chi connectivity index (χ1v) is 9.15. The van der Waals surface area contributed by atoms with Crippen LogP contribution in [0.4, 0.5) is 20.3 Å². The normalized spacial score (nSPS) is 15.3. The van der Waals surface area contributed by atoms with Gasteiger partial charge < -0.3 is 15.1 Å². The number of carbonyl (C=O) groups is 1. The molecule has 8 heteroatoms. The monoisotopic (exact) mass is 378 g/mol. The molecule has 1 aliphatic heterocycles. The predicted molar refractivity (Wildman–Crippen MR) is 100 cm³/mol. The van der Waals surface area contributed by atoms with E-state index < -0.39 is 5.76 Å². The average molecular weight is 378 g/mol. The van der Waals surface area contributed by atoms with Gasteiger partial charge in [0.1, 0.15) is 5.82 Å². The molecule has 3 rings (SSSR count). The van der Waals surface area contributed by atoms with Gasteiger partial charge in [-0.05, 0) is 43.4 Å². The zero-order valence-electron chi connectivity index (χ0n) is 14.4. The fraction of sp³-hybridized carbons (Fsp3) is 0.333. The lowest BCUT2D eigenvalue weighted by molar-refractivity contribution is 0.102. The van der Waals surface area contributed by atoms with Crippen molar-refractivity contribution in [1.82, 2.24) is 9.88 Å². The van der Waals surface area contributed by atoms with Crippen LogP contribution in [0.3, 0.4) is 0 Å². The summed E-state index contributed by atoms with van der Waals surface area (Å²) in [5.41, 5.74) is 1.01. The van der Waals surface area contributed by atoms with Crippen LogP contribution in [0.15, 0.2) is 47.5 Å². The number of anilines is 2. The molecule has 2 heterocycles. The molecule has 1 aromatic carbocycles. The third-order valence-electron chi connectivity index (χ3n) is 4.17. The Balaban J connectivity index is 1.59. The maximum Gasteiger partial charge on any atom is 0.288 e. The number of benzene rings is 1. The molecule has 1 fully saturated rings. The van der Waals surface area contributed by atoms with Crippen molar-refractivity contribution < 1.29 is 13.6 Å². The van der Waals surface area contributed by atoms with Crippen LogP contribution in [0.5, 0.6) is 0 Å². The number of likely N-dealkylation sites (N-methyl/N-ethyl adjacent to an activating group) is 1. The van der Waals surface area contributed by atoms with Crippen LogP contribution in [0.1, 0.15) is 10.4 Å². The third-order valence-corrected chi connectivity index (χ3v) is 4.90. The molecule has 5 nitrogen and oxygen atoms in total. The summed E-state index contributed by atoms with van der Waals surface area (Å²) >= 11 is 0.455. The van der Waals surface area contributed by atoms with Crippen molar-refractivity contribution in [2.24, 2.45) is 0 Å². The summed E-state index contributed by atoms with van der Waals surface area (Å²) in [6.07, 6.45) is 1.63. The minimum absolute atomic E-state index is 0.298. The molecule has 1 saturated heterocycles. The van der Waals surface area contributed by atoms with Gasteiger partial charge in [-0.3, -0.25) is 4.79 Å². The fourth-order valence-corrected chi connectivity index (χ4v) is 3.17. The van der Waals surface area contributed by atoms with E-state index in [9.17, 15) is 13.6 Å². The topological polar surface area (TPSA) is 48.5 Å². The SMILES string of the molecule is CN1CCN(c2ccc(NC(=O)c3ccc(SC(F)F)cc3)cn2)CC1. The van der Waals surface area contributed by atoms with Crippen molar-refractivity contribution in [1.29, 1.82) is 0 Å². The van der Waals surface area contributed by atoms with E-state index in [2.05, 4.69) is 27.1 Å². The van der Waals surface area contributed by atoms with Crippen molar-refractivity contribution >= 4 is 29.2 Å². The van der Waals surface area contributed by atoms with Gasteiger partial charge in [0.05, 0.1) is 11.9 Å². The summed E-state index contributed by atoms with van der Waals surface area (Å²) in [4.78, 5) is 21.6. The van der Waals surface area contributed by atoms with Crippen LogP contribution >= 0.6 is 11.8 Å². The average Bonchev–Trinajstić information content (AvgIpc) is 2.63. The second kappa shape index (κ2) is 8.46. The molecule has 0 radical (unpaired) electrons. The number of amides is 1. The molecule has 0 atom stereocenters. The number of carbonyl (C=O) groups excluding carboxylic acids is 1. The Morgan fingerprint density at radius 1 is 1.12 bits per heavy atom. The Bertz CT molecular complexity index is 732. The van der Waals surface area contributed by atoms with Crippen LogP contribution in [0.25, 0.3) is 0 Å². The standard InChI is InChI=1S/C18H20F2N4OS/c1-23-8-10-24(11-9-23)16-7-4-14(12-21-16)22-17(25)13-2-5-15(6-3-13)26-18(19)20/h2-7,12,18H,8-11H2,1H3,(H,22,25). The summed E-state index contributed by atoms with van der Waals surface area (Å²) in [6, 6.07) is 9.81. The lowest BCUT2D eigenvalue weighted by Crippen LogP contribution is -2.44. The lowest BCUT2D eigenvalue weighted by Gasteiger charge is -2.33. The van der Waals surface area contributed by atoms with Crippen molar-refractivity contribution in [2.45, 2.75) is 10.7 Å². The molecule has 1 N–H and O–H groups in total.